The molecule has 0 unspecified atom stereocenters. The summed E-state index contributed by atoms with van der Waals surface area (Å²) in [5, 5.41) is 0. The second kappa shape index (κ2) is 9.31. The molecule has 27 heavy (non-hydrogen) atoms. The number of hydrogen-bond acceptors (Lipinski definition) is 2. The summed E-state index contributed by atoms with van der Waals surface area (Å²) in [4.78, 5) is 4.48. The molecule has 140 valence electrons. The molecular weight excluding hydrogens is 337 g/mol. The molecule has 0 bridgehead atoms. The van der Waals surface area contributed by atoms with Crippen molar-refractivity contribution < 1.29 is 9.13 Å². The number of halogens is 1. The lowest BCUT2D eigenvalue weighted by atomic mass is 10.0. The van der Waals surface area contributed by atoms with E-state index in [1.165, 1.54) is 0 Å². The zero-order chi connectivity index (χ0) is 19.1. The molecule has 3 heteroatoms. The summed E-state index contributed by atoms with van der Waals surface area (Å²) in [5.74, 6) is 0.664. The van der Waals surface area contributed by atoms with E-state index < -0.39 is 0 Å². The third-order valence-electron chi connectivity index (χ3n) is 4.55. The molecule has 2 aromatic carbocycles. The fourth-order valence-corrected chi connectivity index (χ4v) is 2.99. The van der Waals surface area contributed by atoms with Gasteiger partial charge in [0.15, 0.2) is 0 Å². The highest BCUT2D eigenvalue weighted by molar-refractivity contribution is 5.67. The summed E-state index contributed by atoms with van der Waals surface area (Å²) in [6.07, 6.45) is 5.88. The number of pyridine rings is 1. The normalized spacial score (nSPS) is 10.8. The van der Waals surface area contributed by atoms with E-state index in [0.29, 0.717) is 11.3 Å². The Morgan fingerprint density at radius 2 is 1.67 bits per heavy atom. The highest BCUT2D eigenvalue weighted by Crippen LogP contribution is 2.26. The molecule has 0 radical (unpaired) electrons. The third-order valence-corrected chi connectivity index (χ3v) is 4.55. The standard InChI is InChI=1S/C24H26FNO/c1-3-5-6-18-7-13-22(23(25)16-18)24-14-10-20(17-26-24)19-8-11-21(12-9-19)27-15-4-2/h7-14,16-17H,3-6,15H2,1-2H3. The van der Waals surface area contributed by atoms with Gasteiger partial charge in [-0.2, -0.15) is 0 Å². The molecular formula is C24H26FNO. The van der Waals surface area contributed by atoms with Crippen LogP contribution < -0.4 is 4.74 Å². The number of ether oxygens (including phenoxy) is 1. The van der Waals surface area contributed by atoms with Crippen LogP contribution in [0.4, 0.5) is 4.39 Å². The Morgan fingerprint density at radius 3 is 2.30 bits per heavy atom. The second-order valence-electron chi connectivity index (χ2n) is 6.72. The summed E-state index contributed by atoms with van der Waals surface area (Å²) in [7, 11) is 0. The van der Waals surface area contributed by atoms with Crippen molar-refractivity contribution in [3.8, 4) is 28.1 Å². The van der Waals surface area contributed by atoms with Crippen molar-refractivity contribution in [3.63, 3.8) is 0 Å². The van der Waals surface area contributed by atoms with Gasteiger partial charge in [0.2, 0.25) is 0 Å². The molecule has 0 amide bonds. The van der Waals surface area contributed by atoms with Crippen molar-refractivity contribution >= 4 is 0 Å². The lowest BCUT2D eigenvalue weighted by Gasteiger charge is -2.08. The van der Waals surface area contributed by atoms with Crippen LogP contribution in [0.15, 0.2) is 60.8 Å². The maximum atomic E-state index is 14.5. The van der Waals surface area contributed by atoms with Gasteiger partial charge in [0.1, 0.15) is 11.6 Å². The minimum absolute atomic E-state index is 0.207. The summed E-state index contributed by atoms with van der Waals surface area (Å²) in [6.45, 7) is 4.95. The molecule has 1 aromatic heterocycles. The second-order valence-corrected chi connectivity index (χ2v) is 6.72. The van der Waals surface area contributed by atoms with E-state index in [9.17, 15) is 4.39 Å². The number of nitrogens with zero attached hydrogens (tertiary/aromatic N) is 1. The molecule has 2 nitrogen and oxygen atoms in total. The SMILES string of the molecule is CCCCc1ccc(-c2ccc(-c3ccc(OCCC)cc3)cn2)c(F)c1. The Hall–Kier alpha value is -2.68. The lowest BCUT2D eigenvalue weighted by Crippen LogP contribution is -1.94. The molecule has 3 rings (SSSR count). The van der Waals surface area contributed by atoms with Gasteiger partial charge >= 0.3 is 0 Å². The fourth-order valence-electron chi connectivity index (χ4n) is 2.99. The Bertz CT molecular complexity index is 857. The fraction of sp³-hybridized carbons (Fsp3) is 0.292. The number of rotatable bonds is 8. The monoisotopic (exact) mass is 363 g/mol. The van der Waals surface area contributed by atoms with Crippen molar-refractivity contribution in [3.05, 3.63) is 72.2 Å². The summed E-state index contributed by atoms with van der Waals surface area (Å²) in [6, 6.07) is 17.3. The molecule has 0 atom stereocenters. The van der Waals surface area contributed by atoms with Crippen LogP contribution in [0.1, 0.15) is 38.7 Å². The maximum Gasteiger partial charge on any atom is 0.132 e. The van der Waals surface area contributed by atoms with Gasteiger partial charge in [-0.15, -0.1) is 0 Å². The quantitative estimate of drug-likeness (QED) is 0.445. The van der Waals surface area contributed by atoms with E-state index in [0.717, 1.165) is 54.7 Å². The first-order chi connectivity index (χ1) is 13.2. The van der Waals surface area contributed by atoms with Crippen molar-refractivity contribution in [1.29, 1.82) is 0 Å². The Labute approximate surface area is 161 Å². The summed E-state index contributed by atoms with van der Waals surface area (Å²) in [5.41, 5.74) is 4.31. The van der Waals surface area contributed by atoms with Crippen LogP contribution in [0.5, 0.6) is 5.75 Å². The molecule has 0 fully saturated rings. The van der Waals surface area contributed by atoms with Crippen molar-refractivity contribution in [1.82, 2.24) is 4.98 Å². The van der Waals surface area contributed by atoms with E-state index in [1.807, 2.05) is 48.5 Å². The highest BCUT2D eigenvalue weighted by Gasteiger charge is 2.08. The molecule has 0 aliphatic carbocycles. The first-order valence-electron chi connectivity index (χ1n) is 9.69. The third kappa shape index (κ3) is 4.94. The largest absolute Gasteiger partial charge is 0.494 e. The van der Waals surface area contributed by atoms with E-state index in [2.05, 4.69) is 18.8 Å². The zero-order valence-corrected chi connectivity index (χ0v) is 16.0. The number of hydrogen-bond donors (Lipinski definition) is 0. The average Bonchev–Trinajstić information content (AvgIpc) is 2.71. The minimum Gasteiger partial charge on any atom is -0.494 e. The highest BCUT2D eigenvalue weighted by atomic mass is 19.1. The summed E-state index contributed by atoms with van der Waals surface area (Å²) >= 11 is 0. The van der Waals surface area contributed by atoms with Gasteiger partial charge in [0, 0.05) is 17.3 Å². The molecule has 1 heterocycles. The molecule has 0 saturated carbocycles. The van der Waals surface area contributed by atoms with Crippen LogP contribution in [0.3, 0.4) is 0 Å². The maximum absolute atomic E-state index is 14.5. The van der Waals surface area contributed by atoms with E-state index >= 15 is 0 Å². The van der Waals surface area contributed by atoms with Crippen molar-refractivity contribution in [2.75, 3.05) is 6.61 Å². The van der Waals surface area contributed by atoms with Gasteiger partial charge < -0.3 is 4.74 Å². The van der Waals surface area contributed by atoms with E-state index in [-0.39, 0.29) is 5.82 Å². The van der Waals surface area contributed by atoms with Gasteiger partial charge in [-0.25, -0.2) is 4.39 Å². The van der Waals surface area contributed by atoms with Crippen LogP contribution in [0.25, 0.3) is 22.4 Å². The minimum atomic E-state index is -0.207. The van der Waals surface area contributed by atoms with Crippen LogP contribution in [0.2, 0.25) is 0 Å². The van der Waals surface area contributed by atoms with Crippen molar-refractivity contribution in [2.24, 2.45) is 0 Å². The van der Waals surface area contributed by atoms with Gasteiger partial charge in [0.25, 0.3) is 0 Å². The molecule has 0 aliphatic rings. The zero-order valence-electron chi connectivity index (χ0n) is 16.0. The first kappa shape index (κ1) is 19.1. The number of unbranched alkanes of at least 4 members (excludes halogenated alkanes) is 1. The van der Waals surface area contributed by atoms with Crippen LogP contribution in [-0.4, -0.2) is 11.6 Å². The summed E-state index contributed by atoms with van der Waals surface area (Å²) < 4.78 is 20.1. The molecule has 0 N–H and O–H groups in total. The van der Waals surface area contributed by atoms with Gasteiger partial charge in [-0.1, -0.05) is 44.5 Å². The topological polar surface area (TPSA) is 22.1 Å². The van der Waals surface area contributed by atoms with Gasteiger partial charge in [0.05, 0.1) is 12.3 Å². The molecule has 3 aromatic rings. The van der Waals surface area contributed by atoms with E-state index in [4.69, 9.17) is 4.74 Å². The van der Waals surface area contributed by atoms with Crippen LogP contribution in [-0.2, 0) is 6.42 Å². The predicted molar refractivity (Wildman–Crippen MR) is 109 cm³/mol. The first-order valence-corrected chi connectivity index (χ1v) is 9.69. The van der Waals surface area contributed by atoms with Gasteiger partial charge in [-0.05, 0) is 60.7 Å². The van der Waals surface area contributed by atoms with Crippen molar-refractivity contribution in [2.45, 2.75) is 39.5 Å². The van der Waals surface area contributed by atoms with Gasteiger partial charge in [-0.3, -0.25) is 4.98 Å². The van der Waals surface area contributed by atoms with Crippen LogP contribution in [0, 0.1) is 5.82 Å². The number of benzene rings is 2. The molecule has 0 spiro atoms. The smallest absolute Gasteiger partial charge is 0.132 e. The molecule has 0 saturated heterocycles. The Balaban J connectivity index is 1.75. The van der Waals surface area contributed by atoms with E-state index in [1.54, 1.807) is 12.3 Å². The molecule has 0 aliphatic heterocycles. The number of aromatic nitrogens is 1. The number of aryl methyl sites for hydroxylation is 1. The predicted octanol–water partition coefficient (Wildman–Crippen LogP) is 6.69. The average molecular weight is 363 g/mol. The lowest BCUT2D eigenvalue weighted by molar-refractivity contribution is 0.317. The van der Waals surface area contributed by atoms with Crippen LogP contribution >= 0.6 is 0 Å². The Kier molecular flexibility index (Phi) is 6.59. The Morgan fingerprint density at radius 1 is 0.889 bits per heavy atom.